The van der Waals surface area contributed by atoms with Crippen LogP contribution in [0.3, 0.4) is 0 Å². The van der Waals surface area contributed by atoms with Crippen molar-refractivity contribution in [1.29, 1.82) is 0 Å². The molecular weight excluding hydrogens is 254 g/mol. The Balaban J connectivity index is 1.44. The smallest absolute Gasteiger partial charge is 0.410 e. The molecular formula is C15H27N3O2. The number of nitrogens with zero attached hydrogens (tertiary/aromatic N) is 1. The predicted octanol–water partition coefficient (Wildman–Crippen LogP) is 1.34. The molecule has 20 heavy (non-hydrogen) atoms. The van der Waals surface area contributed by atoms with Gasteiger partial charge in [0, 0.05) is 26.2 Å². The largest absolute Gasteiger partial charge is 0.446 e. The molecule has 2 saturated heterocycles. The summed E-state index contributed by atoms with van der Waals surface area (Å²) < 4.78 is 5.71. The summed E-state index contributed by atoms with van der Waals surface area (Å²) in [5, 5.41) is 6.70. The highest BCUT2D eigenvalue weighted by Gasteiger charge is 2.37. The lowest BCUT2D eigenvalue weighted by Crippen LogP contribution is -2.48. The molecule has 1 aliphatic carbocycles. The zero-order chi connectivity index (χ0) is 13.8. The second kappa shape index (κ2) is 6.31. The minimum absolute atomic E-state index is 0.0993. The molecule has 5 nitrogen and oxygen atoms in total. The van der Waals surface area contributed by atoms with Gasteiger partial charge in [-0.25, -0.2) is 4.79 Å². The van der Waals surface area contributed by atoms with Crippen LogP contribution in [0.1, 0.15) is 38.5 Å². The third-order valence-electron chi connectivity index (χ3n) is 5.30. The maximum atomic E-state index is 12.1. The molecule has 3 fully saturated rings. The molecule has 2 aliphatic heterocycles. The van der Waals surface area contributed by atoms with Gasteiger partial charge in [0.25, 0.3) is 0 Å². The van der Waals surface area contributed by atoms with E-state index in [0.717, 1.165) is 52.1 Å². The van der Waals surface area contributed by atoms with Crippen LogP contribution >= 0.6 is 0 Å². The molecule has 2 heterocycles. The van der Waals surface area contributed by atoms with Crippen molar-refractivity contribution >= 4 is 6.09 Å². The SMILES string of the molecule is O=C(OC1CCC2(CCNCC2)CC1)N1CCNCC1. The summed E-state index contributed by atoms with van der Waals surface area (Å²) in [7, 11) is 0. The third-order valence-corrected chi connectivity index (χ3v) is 5.30. The molecule has 0 atom stereocenters. The summed E-state index contributed by atoms with van der Waals surface area (Å²) >= 11 is 0. The molecule has 1 saturated carbocycles. The Bertz CT molecular complexity index is 326. The zero-order valence-electron chi connectivity index (χ0n) is 12.3. The highest BCUT2D eigenvalue weighted by Crippen LogP contribution is 2.43. The Labute approximate surface area is 121 Å². The lowest BCUT2D eigenvalue weighted by molar-refractivity contribution is 0.00827. The summed E-state index contributed by atoms with van der Waals surface area (Å²) in [4.78, 5) is 13.9. The fraction of sp³-hybridized carbons (Fsp3) is 0.933. The van der Waals surface area contributed by atoms with Gasteiger partial charge in [0.2, 0.25) is 0 Å². The monoisotopic (exact) mass is 281 g/mol. The molecule has 114 valence electrons. The maximum absolute atomic E-state index is 12.1. The molecule has 0 bridgehead atoms. The van der Waals surface area contributed by atoms with E-state index in [1.807, 2.05) is 4.90 Å². The Hall–Kier alpha value is -0.810. The van der Waals surface area contributed by atoms with Crippen LogP contribution in [0.25, 0.3) is 0 Å². The van der Waals surface area contributed by atoms with Crippen molar-refractivity contribution in [3.05, 3.63) is 0 Å². The summed E-state index contributed by atoms with van der Waals surface area (Å²) in [5.41, 5.74) is 0.545. The first-order valence-electron chi connectivity index (χ1n) is 8.14. The molecule has 5 heteroatoms. The lowest BCUT2D eigenvalue weighted by Gasteiger charge is -2.43. The second-order valence-corrected chi connectivity index (χ2v) is 6.57. The predicted molar refractivity (Wildman–Crippen MR) is 77.7 cm³/mol. The van der Waals surface area contributed by atoms with Gasteiger partial charge in [-0.3, -0.25) is 0 Å². The standard InChI is InChI=1S/C15H27N3O2/c19-14(18-11-9-17-10-12-18)20-13-1-3-15(4-2-13)5-7-16-8-6-15/h13,16-17H,1-12H2. The van der Waals surface area contributed by atoms with E-state index >= 15 is 0 Å². The van der Waals surface area contributed by atoms with Crippen molar-refractivity contribution in [2.24, 2.45) is 5.41 Å². The Morgan fingerprint density at radius 2 is 1.55 bits per heavy atom. The Kier molecular flexibility index (Phi) is 4.46. The minimum Gasteiger partial charge on any atom is -0.446 e. The number of rotatable bonds is 1. The average molecular weight is 281 g/mol. The summed E-state index contributed by atoms with van der Waals surface area (Å²) in [5.74, 6) is 0. The van der Waals surface area contributed by atoms with Crippen LogP contribution in [0.4, 0.5) is 4.79 Å². The molecule has 1 amide bonds. The number of carbonyl (C=O) groups excluding carboxylic acids is 1. The molecule has 3 rings (SSSR count). The summed E-state index contributed by atoms with van der Waals surface area (Å²) in [6, 6.07) is 0. The van der Waals surface area contributed by atoms with Crippen LogP contribution in [0, 0.1) is 5.41 Å². The van der Waals surface area contributed by atoms with Gasteiger partial charge in [-0.15, -0.1) is 0 Å². The number of carbonyl (C=O) groups is 1. The third kappa shape index (κ3) is 3.26. The van der Waals surface area contributed by atoms with E-state index in [0.29, 0.717) is 5.41 Å². The van der Waals surface area contributed by atoms with Gasteiger partial charge in [0.15, 0.2) is 0 Å². The van der Waals surface area contributed by atoms with Gasteiger partial charge in [0.1, 0.15) is 6.10 Å². The van der Waals surface area contributed by atoms with Gasteiger partial charge in [-0.1, -0.05) is 0 Å². The molecule has 0 aromatic heterocycles. The van der Waals surface area contributed by atoms with Crippen molar-refractivity contribution in [3.8, 4) is 0 Å². The van der Waals surface area contributed by atoms with E-state index in [2.05, 4.69) is 10.6 Å². The van der Waals surface area contributed by atoms with E-state index in [1.54, 1.807) is 0 Å². The van der Waals surface area contributed by atoms with Crippen LogP contribution in [-0.4, -0.2) is 56.4 Å². The van der Waals surface area contributed by atoms with Crippen LogP contribution in [0.2, 0.25) is 0 Å². The van der Waals surface area contributed by atoms with Gasteiger partial charge in [-0.2, -0.15) is 0 Å². The van der Waals surface area contributed by atoms with Crippen molar-refractivity contribution < 1.29 is 9.53 Å². The van der Waals surface area contributed by atoms with Crippen LogP contribution in [0.5, 0.6) is 0 Å². The average Bonchev–Trinajstić information content (AvgIpc) is 2.52. The number of ether oxygens (including phenoxy) is 1. The number of piperazine rings is 1. The Morgan fingerprint density at radius 1 is 0.950 bits per heavy atom. The molecule has 2 N–H and O–H groups in total. The normalized spacial score (nSPS) is 27.5. The topological polar surface area (TPSA) is 53.6 Å². The van der Waals surface area contributed by atoms with Gasteiger partial charge in [0.05, 0.1) is 0 Å². The van der Waals surface area contributed by atoms with E-state index in [9.17, 15) is 4.79 Å². The quantitative estimate of drug-likeness (QED) is 0.761. The highest BCUT2D eigenvalue weighted by atomic mass is 16.6. The maximum Gasteiger partial charge on any atom is 0.410 e. The summed E-state index contributed by atoms with van der Waals surface area (Å²) in [6.07, 6.45) is 7.21. The Morgan fingerprint density at radius 3 is 2.20 bits per heavy atom. The number of hydrogen-bond acceptors (Lipinski definition) is 4. The van der Waals surface area contributed by atoms with E-state index in [4.69, 9.17) is 4.74 Å². The molecule has 0 aromatic carbocycles. The molecule has 0 aromatic rings. The van der Waals surface area contributed by atoms with Gasteiger partial charge >= 0.3 is 6.09 Å². The fourth-order valence-corrected chi connectivity index (χ4v) is 3.84. The van der Waals surface area contributed by atoms with E-state index in [-0.39, 0.29) is 12.2 Å². The van der Waals surface area contributed by atoms with E-state index < -0.39 is 0 Å². The van der Waals surface area contributed by atoms with Crippen LogP contribution in [0.15, 0.2) is 0 Å². The minimum atomic E-state index is -0.0993. The first-order valence-corrected chi connectivity index (χ1v) is 8.14. The molecule has 0 unspecified atom stereocenters. The number of amides is 1. The molecule has 0 radical (unpaired) electrons. The molecule has 1 spiro atoms. The zero-order valence-corrected chi connectivity index (χ0v) is 12.3. The number of hydrogen-bond donors (Lipinski definition) is 2. The number of nitrogens with one attached hydrogen (secondary N) is 2. The highest BCUT2D eigenvalue weighted by molar-refractivity contribution is 5.68. The van der Waals surface area contributed by atoms with Gasteiger partial charge < -0.3 is 20.3 Å². The van der Waals surface area contributed by atoms with Crippen molar-refractivity contribution in [2.75, 3.05) is 39.3 Å². The first kappa shape index (κ1) is 14.1. The second-order valence-electron chi connectivity index (χ2n) is 6.57. The summed E-state index contributed by atoms with van der Waals surface area (Å²) in [6.45, 7) is 5.64. The molecule has 3 aliphatic rings. The lowest BCUT2D eigenvalue weighted by atomic mass is 9.68. The number of piperidine rings is 1. The van der Waals surface area contributed by atoms with Crippen molar-refractivity contribution in [3.63, 3.8) is 0 Å². The fourth-order valence-electron chi connectivity index (χ4n) is 3.84. The van der Waals surface area contributed by atoms with E-state index in [1.165, 1.54) is 25.7 Å². The van der Waals surface area contributed by atoms with Crippen LogP contribution < -0.4 is 10.6 Å². The van der Waals surface area contributed by atoms with Crippen molar-refractivity contribution in [2.45, 2.75) is 44.6 Å². The first-order chi connectivity index (χ1) is 9.77. The van der Waals surface area contributed by atoms with Crippen LogP contribution in [-0.2, 0) is 4.74 Å². The van der Waals surface area contributed by atoms with Crippen molar-refractivity contribution in [1.82, 2.24) is 15.5 Å². The van der Waals surface area contributed by atoms with Gasteiger partial charge in [-0.05, 0) is 57.0 Å².